The highest BCUT2D eigenvalue weighted by Gasteiger charge is 2.13. The van der Waals surface area contributed by atoms with Gasteiger partial charge in [-0.25, -0.2) is 14.4 Å². The lowest BCUT2D eigenvalue weighted by Gasteiger charge is -2.24. The van der Waals surface area contributed by atoms with Crippen LogP contribution in [0.2, 0.25) is 5.02 Å². The Kier molecular flexibility index (Phi) is 7.80. The first-order valence-corrected chi connectivity index (χ1v) is 12.4. The molecule has 6 nitrogen and oxygen atoms in total. The number of hydrogen-bond donors (Lipinski definition) is 2. The monoisotopic (exact) mass is 485 g/mol. The van der Waals surface area contributed by atoms with Gasteiger partial charge in [-0.3, -0.25) is 9.69 Å². The molecule has 1 aromatic heterocycles. The number of anilines is 3. The Bertz CT molecular complexity index is 1180. The predicted molar refractivity (Wildman–Crippen MR) is 134 cm³/mol. The van der Waals surface area contributed by atoms with Crippen LogP contribution in [0.25, 0.3) is 10.9 Å². The topological polar surface area (TPSA) is 70.1 Å². The minimum absolute atomic E-state index is 0.0207. The number of aromatic nitrogens is 2. The summed E-state index contributed by atoms with van der Waals surface area (Å²) in [4.78, 5) is 24.5. The second-order valence-electron chi connectivity index (χ2n) is 7.80. The molecule has 4 rings (SSSR count). The predicted octanol–water partition coefficient (Wildman–Crippen LogP) is 5.87. The molecule has 0 unspecified atom stereocenters. The van der Waals surface area contributed by atoms with Gasteiger partial charge in [0.25, 0.3) is 0 Å². The number of thioether (sulfide) groups is 1. The lowest BCUT2D eigenvalue weighted by molar-refractivity contribution is -0.111. The third-order valence-electron chi connectivity index (χ3n) is 5.48. The largest absolute Gasteiger partial charge is 0.340 e. The van der Waals surface area contributed by atoms with Gasteiger partial charge in [0, 0.05) is 28.6 Å². The van der Waals surface area contributed by atoms with E-state index < -0.39 is 5.82 Å². The van der Waals surface area contributed by atoms with E-state index in [0.29, 0.717) is 17.2 Å². The van der Waals surface area contributed by atoms with Gasteiger partial charge in [0.2, 0.25) is 5.91 Å². The molecule has 1 aliphatic rings. The van der Waals surface area contributed by atoms with Crippen molar-refractivity contribution in [2.45, 2.75) is 24.2 Å². The van der Waals surface area contributed by atoms with Crippen molar-refractivity contribution in [3.63, 3.8) is 0 Å². The van der Waals surface area contributed by atoms with E-state index in [9.17, 15) is 9.18 Å². The van der Waals surface area contributed by atoms with E-state index in [2.05, 4.69) is 25.5 Å². The Hall–Kier alpha value is -2.68. The summed E-state index contributed by atoms with van der Waals surface area (Å²) < 4.78 is 13.5. The fourth-order valence-corrected chi connectivity index (χ4v) is 4.53. The van der Waals surface area contributed by atoms with Gasteiger partial charge in [-0.15, -0.1) is 11.8 Å². The third-order valence-corrected chi connectivity index (χ3v) is 6.55. The number of carbonyl (C=O) groups is 1. The average Bonchev–Trinajstić information content (AvgIpc) is 2.82. The maximum Gasteiger partial charge on any atom is 0.248 e. The number of carbonyl (C=O) groups excluding carboxylic acids is 1. The van der Waals surface area contributed by atoms with Crippen LogP contribution in [0.15, 0.2) is 53.7 Å². The van der Waals surface area contributed by atoms with Crippen LogP contribution in [0.3, 0.4) is 0 Å². The molecule has 0 atom stereocenters. The van der Waals surface area contributed by atoms with E-state index in [1.54, 1.807) is 12.1 Å². The molecule has 9 heteroatoms. The Morgan fingerprint density at radius 2 is 2.03 bits per heavy atom. The quantitative estimate of drug-likeness (QED) is 0.322. The minimum atomic E-state index is -0.488. The minimum Gasteiger partial charge on any atom is -0.340 e. The molecule has 0 radical (unpaired) electrons. The zero-order chi connectivity index (χ0) is 23.2. The summed E-state index contributed by atoms with van der Waals surface area (Å²) in [5, 5.41) is 6.89. The molecule has 33 heavy (non-hydrogen) atoms. The molecule has 1 saturated heterocycles. The maximum atomic E-state index is 13.5. The zero-order valence-electron chi connectivity index (χ0n) is 18.3. The highest BCUT2D eigenvalue weighted by atomic mass is 35.5. The molecule has 172 valence electrons. The number of hydrogen-bond acceptors (Lipinski definition) is 6. The number of nitrogens with one attached hydrogen (secondary N) is 2. The summed E-state index contributed by atoms with van der Waals surface area (Å²) in [6.07, 6.45) is 10.6. The average molecular weight is 486 g/mol. The molecule has 1 amide bonds. The number of piperidine rings is 1. The number of fused-ring (bicyclic) bond motifs is 1. The van der Waals surface area contributed by atoms with Gasteiger partial charge < -0.3 is 10.6 Å². The van der Waals surface area contributed by atoms with Gasteiger partial charge in [0.15, 0.2) is 0 Å². The summed E-state index contributed by atoms with van der Waals surface area (Å²) in [6, 6.07) is 8.14. The van der Waals surface area contributed by atoms with Gasteiger partial charge in [0.1, 0.15) is 18.0 Å². The van der Waals surface area contributed by atoms with Crippen LogP contribution >= 0.6 is 23.4 Å². The second-order valence-corrected chi connectivity index (χ2v) is 9.05. The maximum absolute atomic E-state index is 13.5. The van der Waals surface area contributed by atoms with Crippen LogP contribution in [0.5, 0.6) is 0 Å². The lowest BCUT2D eigenvalue weighted by atomic mass is 10.1. The Labute approximate surface area is 201 Å². The third kappa shape index (κ3) is 6.01. The highest BCUT2D eigenvalue weighted by molar-refractivity contribution is 7.98. The molecule has 1 aliphatic heterocycles. The van der Waals surface area contributed by atoms with Gasteiger partial charge in [-0.05, 0) is 62.5 Å². The lowest BCUT2D eigenvalue weighted by Crippen LogP contribution is -2.29. The number of amides is 1. The van der Waals surface area contributed by atoms with Crippen LogP contribution in [0.4, 0.5) is 21.6 Å². The van der Waals surface area contributed by atoms with Gasteiger partial charge >= 0.3 is 0 Å². The molecule has 2 aromatic carbocycles. The van der Waals surface area contributed by atoms with E-state index >= 15 is 0 Å². The van der Waals surface area contributed by atoms with Crippen LogP contribution in [-0.4, -0.2) is 46.7 Å². The van der Waals surface area contributed by atoms with E-state index in [1.807, 2.05) is 24.5 Å². The summed E-state index contributed by atoms with van der Waals surface area (Å²) in [5.41, 5.74) is 2.00. The van der Waals surface area contributed by atoms with Crippen molar-refractivity contribution in [3.8, 4) is 0 Å². The second kappa shape index (κ2) is 11.0. The van der Waals surface area contributed by atoms with E-state index in [0.717, 1.165) is 35.4 Å². The molecule has 0 bridgehead atoms. The van der Waals surface area contributed by atoms with Crippen molar-refractivity contribution < 1.29 is 9.18 Å². The highest BCUT2D eigenvalue weighted by Crippen LogP contribution is 2.33. The first kappa shape index (κ1) is 23.5. The van der Waals surface area contributed by atoms with Crippen LogP contribution in [0.1, 0.15) is 19.3 Å². The number of benzene rings is 2. The van der Waals surface area contributed by atoms with E-state index in [-0.39, 0.29) is 10.9 Å². The van der Waals surface area contributed by atoms with Crippen molar-refractivity contribution in [1.82, 2.24) is 14.9 Å². The summed E-state index contributed by atoms with van der Waals surface area (Å²) in [7, 11) is 0. The first-order valence-electron chi connectivity index (χ1n) is 10.8. The van der Waals surface area contributed by atoms with Crippen molar-refractivity contribution in [1.29, 1.82) is 0 Å². The SMILES string of the molecule is CSc1cc2ncnc(Nc3ccc(F)c(Cl)c3)c2cc1NC(=O)C=CCN1CCCCC1. The number of likely N-dealkylation sites (tertiary alicyclic amines) is 1. The zero-order valence-corrected chi connectivity index (χ0v) is 19.8. The Morgan fingerprint density at radius 1 is 1.21 bits per heavy atom. The van der Waals surface area contributed by atoms with Crippen LogP contribution in [0, 0.1) is 5.82 Å². The molecule has 0 aliphatic carbocycles. The van der Waals surface area contributed by atoms with Crippen molar-refractivity contribution in [2.24, 2.45) is 0 Å². The first-order chi connectivity index (χ1) is 16.0. The Balaban J connectivity index is 1.55. The number of rotatable bonds is 7. The summed E-state index contributed by atoms with van der Waals surface area (Å²) in [6.45, 7) is 2.95. The molecule has 2 heterocycles. The van der Waals surface area contributed by atoms with E-state index in [1.165, 1.54) is 49.5 Å². The van der Waals surface area contributed by atoms with Crippen molar-refractivity contribution in [2.75, 3.05) is 36.5 Å². The number of nitrogens with zero attached hydrogens (tertiary/aromatic N) is 3. The van der Waals surface area contributed by atoms with Crippen LogP contribution in [-0.2, 0) is 4.79 Å². The molecular weight excluding hydrogens is 461 g/mol. The van der Waals surface area contributed by atoms with Gasteiger partial charge in [-0.1, -0.05) is 24.1 Å². The van der Waals surface area contributed by atoms with Crippen molar-refractivity contribution >= 4 is 57.4 Å². The molecular formula is C24H25ClFN5OS. The standard InChI is InChI=1S/C24H25ClFN5OS/c1-33-22-14-20-17(24(28-15-27-20)29-16-7-8-19(26)18(25)12-16)13-21(22)30-23(32)6-5-11-31-9-3-2-4-10-31/h5-8,12-15H,2-4,9-11H2,1H3,(H,30,32)(H,27,28,29). The molecule has 0 saturated carbocycles. The summed E-state index contributed by atoms with van der Waals surface area (Å²) >= 11 is 7.43. The fraction of sp³-hybridized carbons (Fsp3) is 0.292. The van der Waals surface area contributed by atoms with E-state index in [4.69, 9.17) is 11.6 Å². The smallest absolute Gasteiger partial charge is 0.248 e. The van der Waals surface area contributed by atoms with Gasteiger partial charge in [-0.2, -0.15) is 0 Å². The molecule has 2 N–H and O–H groups in total. The van der Waals surface area contributed by atoms with Gasteiger partial charge in [0.05, 0.1) is 16.2 Å². The molecule has 0 spiro atoms. The molecule has 3 aromatic rings. The number of halogens is 2. The summed E-state index contributed by atoms with van der Waals surface area (Å²) in [5.74, 6) is -0.137. The fourth-order valence-electron chi connectivity index (χ4n) is 3.79. The Morgan fingerprint density at radius 3 is 2.79 bits per heavy atom. The normalized spacial score (nSPS) is 14.6. The molecule has 1 fully saturated rings. The van der Waals surface area contributed by atoms with Crippen molar-refractivity contribution in [3.05, 3.63) is 59.7 Å². The van der Waals surface area contributed by atoms with Crippen LogP contribution < -0.4 is 10.6 Å².